The van der Waals surface area contributed by atoms with E-state index in [0.29, 0.717) is 24.5 Å². The van der Waals surface area contributed by atoms with Crippen molar-refractivity contribution in [3.05, 3.63) is 82.6 Å². The number of carbonyl (C=O) groups is 2. The molecule has 2 aromatic carbocycles. The molecule has 6 nitrogen and oxygen atoms in total. The number of nitrogens with zero attached hydrogens (tertiary/aromatic N) is 1. The van der Waals surface area contributed by atoms with Gasteiger partial charge in [0.2, 0.25) is 5.91 Å². The Hall–Kier alpha value is -3.16. The van der Waals surface area contributed by atoms with Crippen molar-refractivity contribution in [1.82, 2.24) is 5.32 Å². The Morgan fingerprint density at radius 1 is 0.968 bits per heavy atom. The van der Waals surface area contributed by atoms with E-state index in [1.165, 1.54) is 11.3 Å². The van der Waals surface area contributed by atoms with E-state index in [1.54, 1.807) is 6.07 Å². The number of hydrogen-bond acceptors (Lipinski definition) is 5. The lowest BCUT2D eigenvalue weighted by Gasteiger charge is -2.31. The van der Waals surface area contributed by atoms with Crippen LogP contribution < -0.4 is 15.5 Å². The van der Waals surface area contributed by atoms with Gasteiger partial charge in [-0.15, -0.1) is 11.3 Å². The largest absolute Gasteiger partial charge is 0.378 e. The van der Waals surface area contributed by atoms with Gasteiger partial charge < -0.3 is 20.3 Å². The highest BCUT2D eigenvalue weighted by Crippen LogP contribution is 2.26. The van der Waals surface area contributed by atoms with Crippen molar-refractivity contribution >= 4 is 34.5 Å². The van der Waals surface area contributed by atoms with Crippen LogP contribution in [0, 0.1) is 0 Å². The molecule has 0 radical (unpaired) electrons. The minimum atomic E-state index is -0.699. The van der Waals surface area contributed by atoms with Crippen molar-refractivity contribution in [2.45, 2.75) is 12.5 Å². The Morgan fingerprint density at radius 2 is 1.71 bits per heavy atom. The maximum atomic E-state index is 13.3. The van der Waals surface area contributed by atoms with E-state index in [1.807, 2.05) is 66.0 Å². The van der Waals surface area contributed by atoms with E-state index in [-0.39, 0.29) is 11.8 Å². The smallest absolute Gasteiger partial charge is 0.262 e. The molecule has 0 saturated carbocycles. The van der Waals surface area contributed by atoms with Gasteiger partial charge in [-0.25, -0.2) is 0 Å². The summed E-state index contributed by atoms with van der Waals surface area (Å²) in [5.41, 5.74) is 2.68. The lowest BCUT2D eigenvalue weighted by atomic mass is 10.0. The van der Waals surface area contributed by atoms with E-state index >= 15 is 0 Å². The highest BCUT2D eigenvalue weighted by atomic mass is 32.1. The third-order valence-electron chi connectivity index (χ3n) is 5.16. The van der Waals surface area contributed by atoms with Crippen LogP contribution >= 0.6 is 11.3 Å². The zero-order chi connectivity index (χ0) is 21.5. The zero-order valence-corrected chi connectivity index (χ0v) is 17.9. The van der Waals surface area contributed by atoms with Crippen LogP contribution in [0.4, 0.5) is 11.4 Å². The monoisotopic (exact) mass is 435 g/mol. The van der Waals surface area contributed by atoms with Crippen LogP contribution in [0.5, 0.6) is 0 Å². The molecule has 1 aliphatic rings. The van der Waals surface area contributed by atoms with Crippen LogP contribution in [0.25, 0.3) is 0 Å². The number of carbonyl (C=O) groups excluding carboxylic acids is 2. The van der Waals surface area contributed by atoms with E-state index in [2.05, 4.69) is 15.5 Å². The van der Waals surface area contributed by atoms with Gasteiger partial charge in [0, 0.05) is 19.5 Å². The van der Waals surface area contributed by atoms with Gasteiger partial charge in [-0.3, -0.25) is 9.59 Å². The molecule has 0 bridgehead atoms. The van der Waals surface area contributed by atoms with Crippen molar-refractivity contribution in [2.75, 3.05) is 36.5 Å². The van der Waals surface area contributed by atoms with Gasteiger partial charge in [0.05, 0.1) is 29.5 Å². The molecule has 0 spiro atoms. The number of hydrogen-bond donors (Lipinski definition) is 2. The minimum Gasteiger partial charge on any atom is -0.378 e. The molecule has 0 unspecified atom stereocenters. The molecule has 2 heterocycles. The SMILES string of the molecule is O=C(N[C@H](Cc1ccccc1)C(=O)Nc1ccccc1N1CCOCC1)c1cccs1. The van der Waals surface area contributed by atoms with Gasteiger partial charge in [-0.2, -0.15) is 0 Å². The summed E-state index contributed by atoms with van der Waals surface area (Å²) in [6.07, 6.45) is 0.406. The summed E-state index contributed by atoms with van der Waals surface area (Å²) in [6.45, 7) is 2.87. The molecule has 4 rings (SSSR count). The highest BCUT2D eigenvalue weighted by Gasteiger charge is 2.24. The highest BCUT2D eigenvalue weighted by molar-refractivity contribution is 7.12. The van der Waals surface area contributed by atoms with Crippen molar-refractivity contribution < 1.29 is 14.3 Å². The molecular formula is C24H25N3O3S. The van der Waals surface area contributed by atoms with Crippen LogP contribution in [-0.2, 0) is 16.0 Å². The number of morpholine rings is 1. The first kappa shape index (κ1) is 21.1. The molecule has 1 fully saturated rings. The van der Waals surface area contributed by atoms with Gasteiger partial charge in [-0.05, 0) is 29.1 Å². The van der Waals surface area contributed by atoms with E-state index < -0.39 is 6.04 Å². The summed E-state index contributed by atoms with van der Waals surface area (Å²) in [5.74, 6) is -0.484. The number of benzene rings is 2. The molecule has 31 heavy (non-hydrogen) atoms. The summed E-state index contributed by atoms with van der Waals surface area (Å²) >= 11 is 1.35. The first-order valence-corrected chi connectivity index (χ1v) is 11.2. The quantitative estimate of drug-likeness (QED) is 0.595. The maximum Gasteiger partial charge on any atom is 0.262 e. The number of rotatable bonds is 7. The second-order valence-corrected chi connectivity index (χ2v) is 8.25. The molecule has 1 aromatic heterocycles. The third-order valence-corrected chi connectivity index (χ3v) is 6.03. The third kappa shape index (κ3) is 5.51. The molecule has 3 aromatic rings. The summed E-state index contributed by atoms with van der Waals surface area (Å²) < 4.78 is 5.45. The minimum absolute atomic E-state index is 0.241. The molecule has 160 valence electrons. The standard InChI is InChI=1S/C24H25N3O3S/c28-23(25-19-9-4-5-10-21(19)27-12-14-30-15-13-27)20(17-18-7-2-1-3-8-18)26-24(29)22-11-6-16-31-22/h1-11,16,20H,12-15,17H2,(H,25,28)(H,26,29)/t20-/m1/s1. The summed E-state index contributed by atoms with van der Waals surface area (Å²) in [7, 11) is 0. The molecule has 1 aliphatic heterocycles. The average molecular weight is 436 g/mol. The van der Waals surface area contributed by atoms with Crippen LogP contribution in [0.1, 0.15) is 15.2 Å². The lowest BCUT2D eigenvalue weighted by Crippen LogP contribution is -2.45. The maximum absolute atomic E-state index is 13.3. The first-order chi connectivity index (χ1) is 15.2. The van der Waals surface area contributed by atoms with Crippen LogP contribution in [0.3, 0.4) is 0 Å². The zero-order valence-electron chi connectivity index (χ0n) is 17.1. The van der Waals surface area contributed by atoms with Gasteiger partial charge in [0.25, 0.3) is 5.91 Å². The van der Waals surface area contributed by atoms with Crippen molar-refractivity contribution in [1.29, 1.82) is 0 Å². The number of anilines is 2. The van der Waals surface area contributed by atoms with E-state index in [9.17, 15) is 9.59 Å². The Kier molecular flexibility index (Phi) is 6.96. The Labute approximate surface area is 185 Å². The Morgan fingerprint density at radius 3 is 2.45 bits per heavy atom. The fraction of sp³-hybridized carbons (Fsp3) is 0.250. The van der Waals surface area contributed by atoms with Gasteiger partial charge in [0.1, 0.15) is 6.04 Å². The first-order valence-electron chi connectivity index (χ1n) is 10.3. The summed E-state index contributed by atoms with van der Waals surface area (Å²) in [4.78, 5) is 28.8. The molecule has 7 heteroatoms. The van der Waals surface area contributed by atoms with E-state index in [4.69, 9.17) is 4.74 Å². The topological polar surface area (TPSA) is 70.7 Å². The van der Waals surface area contributed by atoms with Gasteiger partial charge >= 0.3 is 0 Å². The number of para-hydroxylation sites is 2. The van der Waals surface area contributed by atoms with Crippen LogP contribution in [0.2, 0.25) is 0 Å². The van der Waals surface area contributed by atoms with Crippen molar-refractivity contribution in [2.24, 2.45) is 0 Å². The number of amides is 2. The van der Waals surface area contributed by atoms with Crippen LogP contribution in [0.15, 0.2) is 72.1 Å². The predicted octanol–water partition coefficient (Wildman–Crippen LogP) is 3.56. The number of nitrogens with one attached hydrogen (secondary N) is 2. The Balaban J connectivity index is 1.53. The molecule has 2 N–H and O–H groups in total. The van der Waals surface area contributed by atoms with Crippen LogP contribution in [-0.4, -0.2) is 44.2 Å². The van der Waals surface area contributed by atoms with Gasteiger partial charge in [0.15, 0.2) is 0 Å². The molecule has 1 atom stereocenters. The Bertz CT molecular complexity index is 1000. The predicted molar refractivity (Wildman–Crippen MR) is 124 cm³/mol. The fourth-order valence-corrected chi connectivity index (χ4v) is 4.20. The molecule has 1 saturated heterocycles. The molecule has 2 amide bonds. The molecular weight excluding hydrogens is 410 g/mol. The van der Waals surface area contributed by atoms with E-state index in [0.717, 1.165) is 30.0 Å². The summed E-state index contributed by atoms with van der Waals surface area (Å²) in [6, 6.07) is 20.3. The number of ether oxygens (including phenoxy) is 1. The normalized spacial score (nSPS) is 14.6. The number of thiophene rings is 1. The second-order valence-electron chi connectivity index (χ2n) is 7.30. The fourth-order valence-electron chi connectivity index (χ4n) is 3.58. The molecule has 0 aliphatic carbocycles. The van der Waals surface area contributed by atoms with Gasteiger partial charge in [-0.1, -0.05) is 48.5 Å². The summed E-state index contributed by atoms with van der Waals surface area (Å²) in [5, 5.41) is 7.81. The second kappa shape index (κ2) is 10.2. The lowest BCUT2D eigenvalue weighted by molar-refractivity contribution is -0.118. The van der Waals surface area contributed by atoms with Crippen molar-refractivity contribution in [3.8, 4) is 0 Å². The average Bonchev–Trinajstić information content (AvgIpc) is 3.35. The van der Waals surface area contributed by atoms with Crippen molar-refractivity contribution in [3.63, 3.8) is 0 Å².